The number of hydrogen-bond acceptors (Lipinski definition) is 7. The molecule has 0 atom stereocenters. The van der Waals surface area contributed by atoms with E-state index < -0.39 is 0 Å². The van der Waals surface area contributed by atoms with Crippen LogP contribution < -0.4 is 14.8 Å². The van der Waals surface area contributed by atoms with Gasteiger partial charge in [0.25, 0.3) is 0 Å². The number of ether oxygens (including phenoxy) is 2. The summed E-state index contributed by atoms with van der Waals surface area (Å²) in [5.74, 6) is 3.44. The predicted molar refractivity (Wildman–Crippen MR) is 129 cm³/mol. The number of thioether (sulfide) groups is 1. The first-order valence-corrected chi connectivity index (χ1v) is 12.2. The molecule has 9 heteroatoms. The summed E-state index contributed by atoms with van der Waals surface area (Å²) in [6.45, 7) is 10.6. The highest BCUT2D eigenvalue weighted by atomic mass is 32.2. The molecule has 0 aliphatic carbocycles. The molecular weight excluding hydrogens is 440 g/mol. The second kappa shape index (κ2) is 12.3. The molecule has 0 spiro atoms. The summed E-state index contributed by atoms with van der Waals surface area (Å²) in [6, 6.07) is 9.57. The minimum Gasteiger partial charge on any atom is -0.490 e. The minimum absolute atomic E-state index is 0.0467. The van der Waals surface area contributed by atoms with Crippen molar-refractivity contribution in [3.8, 4) is 23.1 Å². The van der Waals surface area contributed by atoms with Crippen LogP contribution in [-0.4, -0.2) is 46.2 Å². The lowest BCUT2D eigenvalue weighted by Crippen LogP contribution is -2.27. The molecule has 0 fully saturated rings. The fourth-order valence-electron chi connectivity index (χ4n) is 3.29. The van der Waals surface area contributed by atoms with Crippen LogP contribution in [0.2, 0.25) is 0 Å². The highest BCUT2D eigenvalue weighted by molar-refractivity contribution is 7.99. The average Bonchev–Trinajstić information content (AvgIpc) is 3.44. The summed E-state index contributed by atoms with van der Waals surface area (Å²) in [7, 11) is 0. The molecule has 0 aliphatic heterocycles. The Hall–Kier alpha value is -2.94. The second-order valence-corrected chi connectivity index (χ2v) is 8.77. The van der Waals surface area contributed by atoms with E-state index >= 15 is 0 Å². The molecule has 33 heavy (non-hydrogen) atoms. The van der Waals surface area contributed by atoms with Crippen molar-refractivity contribution in [2.45, 2.75) is 45.8 Å². The first kappa shape index (κ1) is 24.7. The van der Waals surface area contributed by atoms with Gasteiger partial charge >= 0.3 is 0 Å². The highest BCUT2D eigenvalue weighted by Gasteiger charge is 2.18. The van der Waals surface area contributed by atoms with Crippen molar-refractivity contribution in [3.63, 3.8) is 0 Å². The number of hydrogen-bond donors (Lipinski definition) is 1. The van der Waals surface area contributed by atoms with E-state index in [2.05, 4.69) is 29.4 Å². The third-order valence-corrected chi connectivity index (χ3v) is 5.65. The van der Waals surface area contributed by atoms with Gasteiger partial charge in [0.15, 0.2) is 28.2 Å². The molecule has 0 saturated carbocycles. The minimum atomic E-state index is -0.0467. The van der Waals surface area contributed by atoms with E-state index in [4.69, 9.17) is 13.9 Å². The Bertz CT molecular complexity index is 1020. The number of nitrogens with zero attached hydrogens (tertiary/aromatic N) is 3. The smallest absolute Gasteiger partial charge is 0.230 e. The molecule has 1 N–H and O–H groups in total. The molecule has 8 nitrogen and oxygen atoms in total. The third kappa shape index (κ3) is 7.02. The summed E-state index contributed by atoms with van der Waals surface area (Å²) >= 11 is 1.38. The van der Waals surface area contributed by atoms with Gasteiger partial charge in [-0.05, 0) is 56.0 Å². The molecule has 0 bridgehead atoms. The Morgan fingerprint density at radius 3 is 2.64 bits per heavy atom. The largest absolute Gasteiger partial charge is 0.490 e. The van der Waals surface area contributed by atoms with Crippen molar-refractivity contribution >= 4 is 17.7 Å². The van der Waals surface area contributed by atoms with Gasteiger partial charge in [-0.2, -0.15) is 0 Å². The normalized spacial score (nSPS) is 11.1. The highest BCUT2D eigenvalue weighted by Crippen LogP contribution is 2.29. The fourth-order valence-corrected chi connectivity index (χ4v) is 4.07. The Labute approximate surface area is 199 Å². The molecule has 2 heterocycles. The summed E-state index contributed by atoms with van der Waals surface area (Å²) in [5, 5.41) is 12.3. The zero-order chi connectivity index (χ0) is 23.6. The van der Waals surface area contributed by atoms with Crippen LogP contribution in [0.25, 0.3) is 11.6 Å². The quantitative estimate of drug-likeness (QED) is 0.368. The number of carbonyl (C=O) groups is 1. The average molecular weight is 473 g/mol. The molecule has 1 aromatic carbocycles. The number of amides is 1. The van der Waals surface area contributed by atoms with Crippen LogP contribution >= 0.6 is 11.8 Å². The Kier molecular flexibility index (Phi) is 9.24. The first-order valence-electron chi connectivity index (χ1n) is 11.3. The van der Waals surface area contributed by atoms with Crippen molar-refractivity contribution in [1.82, 2.24) is 20.1 Å². The summed E-state index contributed by atoms with van der Waals surface area (Å²) in [4.78, 5) is 12.4. The molecular formula is C24H32N4O4S. The van der Waals surface area contributed by atoms with E-state index in [0.717, 1.165) is 23.6 Å². The van der Waals surface area contributed by atoms with E-state index in [-0.39, 0.29) is 11.7 Å². The van der Waals surface area contributed by atoms with Crippen LogP contribution in [0.5, 0.6) is 11.5 Å². The number of furan rings is 1. The van der Waals surface area contributed by atoms with E-state index in [1.165, 1.54) is 11.8 Å². The maximum absolute atomic E-state index is 12.4. The van der Waals surface area contributed by atoms with Crippen molar-refractivity contribution in [2.75, 3.05) is 25.5 Å². The van der Waals surface area contributed by atoms with Crippen LogP contribution in [0.15, 0.2) is 46.2 Å². The molecule has 2 aromatic heterocycles. The van der Waals surface area contributed by atoms with Crippen molar-refractivity contribution in [2.24, 2.45) is 5.92 Å². The summed E-state index contributed by atoms with van der Waals surface area (Å²) in [6.07, 6.45) is 2.32. The molecule has 3 aromatic rings. The number of benzene rings is 1. The number of nitrogens with one attached hydrogen (secondary N) is 1. The lowest BCUT2D eigenvalue weighted by atomic mass is 10.1. The van der Waals surface area contributed by atoms with Crippen molar-refractivity contribution in [1.29, 1.82) is 0 Å². The van der Waals surface area contributed by atoms with Crippen LogP contribution in [0.1, 0.15) is 33.3 Å². The summed E-state index contributed by atoms with van der Waals surface area (Å²) < 4.78 is 18.8. The molecule has 0 radical (unpaired) electrons. The topological polar surface area (TPSA) is 91.4 Å². The van der Waals surface area contributed by atoms with Crippen molar-refractivity contribution in [3.05, 3.63) is 42.2 Å². The maximum atomic E-state index is 12.4. The van der Waals surface area contributed by atoms with Crippen LogP contribution in [0.3, 0.4) is 0 Å². The van der Waals surface area contributed by atoms with Crippen LogP contribution in [-0.2, 0) is 17.8 Å². The molecule has 178 valence electrons. The second-order valence-electron chi connectivity index (χ2n) is 7.82. The molecule has 1 amide bonds. The monoisotopic (exact) mass is 472 g/mol. The Balaban J connectivity index is 1.53. The zero-order valence-corrected chi connectivity index (χ0v) is 20.5. The Morgan fingerprint density at radius 2 is 1.94 bits per heavy atom. The van der Waals surface area contributed by atoms with E-state index in [1.807, 2.05) is 48.7 Å². The van der Waals surface area contributed by atoms with E-state index in [0.29, 0.717) is 48.8 Å². The van der Waals surface area contributed by atoms with E-state index in [9.17, 15) is 4.79 Å². The zero-order valence-electron chi connectivity index (χ0n) is 19.7. The maximum Gasteiger partial charge on any atom is 0.230 e. The molecule has 0 aliphatic rings. The lowest BCUT2D eigenvalue weighted by molar-refractivity contribution is -0.118. The van der Waals surface area contributed by atoms with Gasteiger partial charge in [-0.1, -0.05) is 31.7 Å². The van der Waals surface area contributed by atoms with Gasteiger partial charge in [0, 0.05) is 13.1 Å². The number of carbonyl (C=O) groups excluding carboxylic acids is 1. The molecule has 3 rings (SSSR count). The first-order chi connectivity index (χ1) is 16.0. The third-order valence-electron chi connectivity index (χ3n) is 4.68. The van der Waals surface area contributed by atoms with Gasteiger partial charge in [-0.25, -0.2) is 0 Å². The summed E-state index contributed by atoms with van der Waals surface area (Å²) in [5.41, 5.74) is 1.08. The van der Waals surface area contributed by atoms with Gasteiger partial charge in [0.2, 0.25) is 5.91 Å². The van der Waals surface area contributed by atoms with Crippen LogP contribution in [0, 0.1) is 5.92 Å². The number of aromatic nitrogens is 3. The van der Waals surface area contributed by atoms with Crippen LogP contribution in [0.4, 0.5) is 0 Å². The molecule has 0 unspecified atom stereocenters. The fraction of sp³-hybridized carbons (Fsp3) is 0.458. The van der Waals surface area contributed by atoms with Gasteiger partial charge in [-0.15, -0.1) is 10.2 Å². The van der Waals surface area contributed by atoms with E-state index in [1.54, 1.807) is 6.26 Å². The van der Waals surface area contributed by atoms with Gasteiger partial charge in [0.1, 0.15) is 0 Å². The number of rotatable bonds is 13. The standard InChI is InChI=1S/C24H32N4O4S/c1-5-30-19-10-9-18(14-21(19)31-6-2)11-12-25-22(29)16-33-24-27-26-23(20-8-7-13-32-20)28(24)15-17(3)4/h7-10,13-14,17H,5-6,11-12,15-16H2,1-4H3,(H,25,29). The van der Waals surface area contributed by atoms with Gasteiger partial charge in [-0.3, -0.25) is 9.36 Å². The lowest BCUT2D eigenvalue weighted by Gasteiger charge is -2.13. The molecule has 0 saturated heterocycles. The van der Waals surface area contributed by atoms with Gasteiger partial charge in [0.05, 0.1) is 25.2 Å². The SMILES string of the molecule is CCOc1ccc(CCNC(=O)CSc2nnc(-c3ccco3)n2CC(C)C)cc1OCC. The Morgan fingerprint density at radius 1 is 1.15 bits per heavy atom. The van der Waals surface area contributed by atoms with Crippen molar-refractivity contribution < 1.29 is 18.7 Å². The van der Waals surface area contributed by atoms with Gasteiger partial charge < -0.3 is 19.2 Å². The predicted octanol–water partition coefficient (Wildman–Crippen LogP) is 4.44.